The van der Waals surface area contributed by atoms with Crippen LogP contribution in [0.5, 0.6) is 0 Å². The number of benzene rings is 1. The van der Waals surface area contributed by atoms with Crippen molar-refractivity contribution in [3.8, 4) is 6.07 Å². The lowest BCUT2D eigenvalue weighted by Gasteiger charge is -1.92. The first kappa shape index (κ1) is 9.93. The summed E-state index contributed by atoms with van der Waals surface area (Å²) in [7, 11) is 0. The zero-order valence-electron chi connectivity index (χ0n) is 7.38. The minimum Gasteiger partial charge on any atom is -0.258 e. The summed E-state index contributed by atoms with van der Waals surface area (Å²) in [5.74, 6) is 0. The molecule has 14 heavy (non-hydrogen) atoms. The molecule has 0 aromatic heterocycles. The van der Waals surface area contributed by atoms with E-state index < -0.39 is 4.92 Å². The molecule has 70 valence electrons. The second-order valence-corrected chi connectivity index (χ2v) is 2.61. The molecule has 0 unspecified atom stereocenters. The van der Waals surface area contributed by atoms with Crippen LogP contribution in [0, 0.1) is 21.4 Å². The second kappa shape index (κ2) is 4.77. The van der Waals surface area contributed by atoms with E-state index in [9.17, 15) is 10.1 Å². The van der Waals surface area contributed by atoms with Crippen molar-refractivity contribution in [3.05, 3.63) is 46.0 Å². The zero-order chi connectivity index (χ0) is 10.4. The van der Waals surface area contributed by atoms with Gasteiger partial charge in [0.1, 0.15) is 0 Å². The molecule has 4 nitrogen and oxygen atoms in total. The Labute approximate surface area is 81.2 Å². The van der Waals surface area contributed by atoms with Gasteiger partial charge in [-0.2, -0.15) is 5.26 Å². The van der Waals surface area contributed by atoms with E-state index in [1.54, 1.807) is 24.3 Å². The van der Waals surface area contributed by atoms with Crippen LogP contribution in [0.1, 0.15) is 12.0 Å². The summed E-state index contributed by atoms with van der Waals surface area (Å²) in [6, 6.07) is 8.14. The van der Waals surface area contributed by atoms with Gasteiger partial charge in [-0.1, -0.05) is 12.2 Å². The molecule has 1 aromatic carbocycles. The van der Waals surface area contributed by atoms with E-state index in [1.807, 2.05) is 6.07 Å². The molecule has 0 heterocycles. The summed E-state index contributed by atoms with van der Waals surface area (Å²) in [6.45, 7) is 0. The Hall–Kier alpha value is -2.15. The van der Waals surface area contributed by atoms with Crippen molar-refractivity contribution in [1.82, 2.24) is 0 Å². The molecule has 0 aliphatic heterocycles. The minimum atomic E-state index is -0.442. The van der Waals surface area contributed by atoms with E-state index in [-0.39, 0.29) is 5.69 Å². The van der Waals surface area contributed by atoms with Gasteiger partial charge >= 0.3 is 0 Å². The Morgan fingerprint density at radius 3 is 2.57 bits per heavy atom. The van der Waals surface area contributed by atoms with Crippen LogP contribution >= 0.6 is 0 Å². The molecule has 0 saturated carbocycles. The Bertz CT molecular complexity index is 388. The summed E-state index contributed by atoms with van der Waals surface area (Å²) in [5, 5.41) is 18.6. The van der Waals surface area contributed by atoms with Gasteiger partial charge in [0, 0.05) is 12.1 Å². The topological polar surface area (TPSA) is 66.9 Å². The fourth-order valence-electron chi connectivity index (χ4n) is 0.955. The van der Waals surface area contributed by atoms with Gasteiger partial charge in [-0.05, 0) is 17.7 Å². The molecule has 1 rings (SSSR count). The summed E-state index contributed by atoms with van der Waals surface area (Å²) >= 11 is 0. The van der Waals surface area contributed by atoms with Crippen LogP contribution in [0.3, 0.4) is 0 Å². The largest absolute Gasteiger partial charge is 0.269 e. The van der Waals surface area contributed by atoms with E-state index >= 15 is 0 Å². The Morgan fingerprint density at radius 2 is 2.07 bits per heavy atom. The number of hydrogen-bond acceptors (Lipinski definition) is 3. The van der Waals surface area contributed by atoms with Crippen molar-refractivity contribution in [2.45, 2.75) is 6.42 Å². The number of allylic oxidation sites excluding steroid dienone is 1. The molecule has 0 saturated heterocycles. The van der Waals surface area contributed by atoms with Crippen molar-refractivity contribution in [2.24, 2.45) is 0 Å². The van der Waals surface area contributed by atoms with Crippen molar-refractivity contribution < 1.29 is 4.92 Å². The lowest BCUT2D eigenvalue weighted by atomic mass is 10.2. The third-order valence-corrected chi connectivity index (χ3v) is 1.62. The number of nitro groups is 1. The molecule has 0 aliphatic rings. The molecular formula is C10H8N2O2. The van der Waals surface area contributed by atoms with Crippen LogP contribution in [0.15, 0.2) is 30.3 Å². The van der Waals surface area contributed by atoms with Crippen LogP contribution in [-0.4, -0.2) is 4.92 Å². The molecule has 0 radical (unpaired) electrons. The minimum absolute atomic E-state index is 0.0717. The SMILES string of the molecule is N#CCC=Cc1ccc([N+](=O)[O-])cc1. The average molecular weight is 188 g/mol. The second-order valence-electron chi connectivity index (χ2n) is 2.61. The van der Waals surface area contributed by atoms with Crippen LogP contribution in [-0.2, 0) is 0 Å². The number of rotatable bonds is 3. The normalized spacial score (nSPS) is 9.93. The van der Waals surface area contributed by atoms with Crippen molar-refractivity contribution in [3.63, 3.8) is 0 Å². The summed E-state index contributed by atoms with van der Waals surface area (Å²) in [5.41, 5.74) is 0.924. The monoisotopic (exact) mass is 188 g/mol. The first-order chi connectivity index (χ1) is 6.74. The predicted octanol–water partition coefficient (Wildman–Crippen LogP) is 2.52. The van der Waals surface area contributed by atoms with Gasteiger partial charge < -0.3 is 0 Å². The van der Waals surface area contributed by atoms with Gasteiger partial charge in [0.15, 0.2) is 0 Å². The quantitative estimate of drug-likeness (QED) is 0.540. The molecule has 0 atom stereocenters. The van der Waals surface area contributed by atoms with Gasteiger partial charge in [0.25, 0.3) is 5.69 Å². The average Bonchev–Trinajstić information content (AvgIpc) is 2.19. The third kappa shape index (κ3) is 2.72. The molecule has 0 fully saturated rings. The number of nitrogens with zero attached hydrogens (tertiary/aromatic N) is 2. The van der Waals surface area contributed by atoms with Crippen LogP contribution in [0.4, 0.5) is 5.69 Å². The standard InChI is InChI=1S/C10H8N2O2/c11-8-2-1-3-9-4-6-10(7-5-9)12(13)14/h1,3-7H,2H2. The highest BCUT2D eigenvalue weighted by molar-refractivity contribution is 5.51. The molecule has 1 aromatic rings. The molecule has 4 heteroatoms. The maximum Gasteiger partial charge on any atom is 0.269 e. The first-order valence-electron chi connectivity index (χ1n) is 4.02. The van der Waals surface area contributed by atoms with Gasteiger partial charge in [-0.3, -0.25) is 10.1 Å². The highest BCUT2D eigenvalue weighted by Crippen LogP contribution is 2.12. The summed E-state index contributed by atoms with van der Waals surface area (Å²) in [6.07, 6.45) is 3.81. The van der Waals surface area contributed by atoms with Crippen LogP contribution in [0.25, 0.3) is 6.08 Å². The molecule has 0 aliphatic carbocycles. The number of nitro benzene ring substituents is 1. The lowest BCUT2D eigenvalue weighted by Crippen LogP contribution is -1.86. The van der Waals surface area contributed by atoms with Crippen molar-refractivity contribution >= 4 is 11.8 Å². The van der Waals surface area contributed by atoms with Crippen LogP contribution < -0.4 is 0 Å². The lowest BCUT2D eigenvalue weighted by molar-refractivity contribution is -0.384. The van der Waals surface area contributed by atoms with E-state index in [4.69, 9.17) is 5.26 Å². The van der Waals surface area contributed by atoms with E-state index in [1.165, 1.54) is 12.1 Å². The number of non-ortho nitro benzene ring substituents is 1. The van der Waals surface area contributed by atoms with Crippen molar-refractivity contribution in [1.29, 1.82) is 5.26 Å². The fraction of sp³-hybridized carbons (Fsp3) is 0.100. The highest BCUT2D eigenvalue weighted by Gasteiger charge is 2.01. The van der Waals surface area contributed by atoms with Crippen LogP contribution in [0.2, 0.25) is 0 Å². The summed E-state index contributed by atoms with van der Waals surface area (Å²) in [4.78, 5) is 9.88. The predicted molar refractivity (Wildman–Crippen MR) is 52.4 cm³/mol. The number of nitriles is 1. The molecule has 0 spiro atoms. The maximum absolute atomic E-state index is 10.3. The van der Waals surface area contributed by atoms with Crippen molar-refractivity contribution in [2.75, 3.05) is 0 Å². The molecule has 0 amide bonds. The Balaban J connectivity index is 2.74. The van der Waals surface area contributed by atoms with E-state index in [2.05, 4.69) is 0 Å². The maximum atomic E-state index is 10.3. The van der Waals surface area contributed by atoms with Gasteiger partial charge in [-0.25, -0.2) is 0 Å². The van der Waals surface area contributed by atoms with E-state index in [0.717, 1.165) is 5.56 Å². The Kier molecular flexibility index (Phi) is 3.39. The van der Waals surface area contributed by atoms with Gasteiger partial charge in [0.2, 0.25) is 0 Å². The molecule has 0 bridgehead atoms. The molecule has 0 N–H and O–H groups in total. The Morgan fingerprint density at radius 1 is 1.43 bits per heavy atom. The van der Waals surface area contributed by atoms with Gasteiger partial charge in [0.05, 0.1) is 17.4 Å². The van der Waals surface area contributed by atoms with E-state index in [0.29, 0.717) is 6.42 Å². The third-order valence-electron chi connectivity index (χ3n) is 1.62. The fourth-order valence-corrected chi connectivity index (χ4v) is 0.955. The first-order valence-corrected chi connectivity index (χ1v) is 4.02. The highest BCUT2D eigenvalue weighted by atomic mass is 16.6. The summed E-state index contributed by atoms with van der Waals surface area (Å²) < 4.78 is 0. The smallest absolute Gasteiger partial charge is 0.258 e. The van der Waals surface area contributed by atoms with Gasteiger partial charge in [-0.15, -0.1) is 0 Å². The number of hydrogen-bond donors (Lipinski definition) is 0. The molecular weight excluding hydrogens is 180 g/mol. The zero-order valence-corrected chi connectivity index (χ0v) is 7.38.